The van der Waals surface area contributed by atoms with E-state index in [9.17, 15) is 4.39 Å². The molecule has 0 saturated carbocycles. The van der Waals surface area contributed by atoms with Crippen molar-refractivity contribution in [3.05, 3.63) is 58.2 Å². The summed E-state index contributed by atoms with van der Waals surface area (Å²) in [5.41, 5.74) is 2.25. The molecule has 32 heavy (non-hydrogen) atoms. The summed E-state index contributed by atoms with van der Waals surface area (Å²) in [6.45, 7) is 3.79. The maximum atomic E-state index is 14.0. The van der Waals surface area contributed by atoms with Crippen molar-refractivity contribution in [2.75, 3.05) is 32.1 Å². The average Bonchev–Trinajstić information content (AvgIpc) is 3.27. The van der Waals surface area contributed by atoms with Crippen molar-refractivity contribution < 1.29 is 9.13 Å². The maximum absolute atomic E-state index is 14.0. The molecule has 9 heteroatoms. The SMILES string of the molecule is CC(Oc1cc(-c2cnn(C3CCNCC3)c2)cnc1N(C)C)c1c(Cl)ccc(F)c1Cl. The molecule has 1 fully saturated rings. The Morgan fingerprint density at radius 3 is 2.66 bits per heavy atom. The van der Waals surface area contributed by atoms with Crippen LogP contribution in [0.2, 0.25) is 10.0 Å². The van der Waals surface area contributed by atoms with Gasteiger partial charge in [0.1, 0.15) is 11.9 Å². The molecule has 170 valence electrons. The van der Waals surface area contributed by atoms with E-state index in [0.717, 1.165) is 37.1 Å². The lowest BCUT2D eigenvalue weighted by molar-refractivity contribution is 0.226. The van der Waals surface area contributed by atoms with E-state index >= 15 is 0 Å². The number of pyridine rings is 1. The van der Waals surface area contributed by atoms with Gasteiger partial charge in [0.25, 0.3) is 0 Å². The van der Waals surface area contributed by atoms with E-state index in [1.165, 1.54) is 12.1 Å². The van der Waals surface area contributed by atoms with Gasteiger partial charge in [-0.25, -0.2) is 9.37 Å². The fourth-order valence-corrected chi connectivity index (χ4v) is 4.62. The molecule has 1 unspecified atom stereocenters. The highest BCUT2D eigenvalue weighted by molar-refractivity contribution is 6.36. The predicted octanol–water partition coefficient (Wildman–Crippen LogP) is 5.52. The Morgan fingerprint density at radius 2 is 1.94 bits per heavy atom. The number of nitrogens with zero attached hydrogens (tertiary/aromatic N) is 4. The van der Waals surface area contributed by atoms with E-state index in [0.29, 0.717) is 28.2 Å². The molecular weight excluding hydrogens is 452 g/mol. The Labute approximate surface area is 197 Å². The lowest BCUT2D eigenvalue weighted by atomic mass is 10.1. The van der Waals surface area contributed by atoms with Gasteiger partial charge in [-0.3, -0.25) is 4.68 Å². The summed E-state index contributed by atoms with van der Waals surface area (Å²) in [5.74, 6) is 0.660. The van der Waals surface area contributed by atoms with Crippen LogP contribution in [0.3, 0.4) is 0 Å². The summed E-state index contributed by atoms with van der Waals surface area (Å²) < 4.78 is 22.3. The van der Waals surface area contributed by atoms with E-state index < -0.39 is 11.9 Å². The molecule has 0 amide bonds. The van der Waals surface area contributed by atoms with Crippen LogP contribution in [-0.2, 0) is 0 Å². The third-order valence-electron chi connectivity index (χ3n) is 5.66. The molecule has 2 aromatic heterocycles. The second-order valence-corrected chi connectivity index (χ2v) is 8.93. The Bertz CT molecular complexity index is 1100. The van der Waals surface area contributed by atoms with Crippen molar-refractivity contribution in [2.45, 2.75) is 31.9 Å². The lowest BCUT2D eigenvalue weighted by Gasteiger charge is -2.23. The van der Waals surface area contributed by atoms with E-state index in [1.54, 1.807) is 13.1 Å². The summed E-state index contributed by atoms with van der Waals surface area (Å²) in [7, 11) is 3.77. The highest BCUT2D eigenvalue weighted by Crippen LogP contribution is 2.38. The number of aromatic nitrogens is 3. The predicted molar refractivity (Wildman–Crippen MR) is 126 cm³/mol. The molecule has 1 aliphatic heterocycles. The van der Waals surface area contributed by atoms with Gasteiger partial charge in [-0.1, -0.05) is 23.2 Å². The first-order valence-corrected chi connectivity index (χ1v) is 11.3. The first kappa shape index (κ1) is 22.8. The number of hydrogen-bond acceptors (Lipinski definition) is 5. The van der Waals surface area contributed by atoms with Crippen LogP contribution in [0.1, 0.15) is 37.5 Å². The molecular formula is C23H26Cl2FN5O. The van der Waals surface area contributed by atoms with E-state index in [-0.39, 0.29) is 5.02 Å². The van der Waals surface area contributed by atoms with Crippen molar-refractivity contribution in [2.24, 2.45) is 0 Å². The zero-order valence-electron chi connectivity index (χ0n) is 18.3. The number of ether oxygens (including phenoxy) is 1. The number of nitrogens with one attached hydrogen (secondary N) is 1. The largest absolute Gasteiger partial charge is 0.482 e. The van der Waals surface area contributed by atoms with Crippen molar-refractivity contribution in [1.29, 1.82) is 0 Å². The van der Waals surface area contributed by atoms with Gasteiger partial charge in [0.2, 0.25) is 0 Å². The van der Waals surface area contributed by atoms with Gasteiger partial charge in [-0.15, -0.1) is 0 Å². The Balaban J connectivity index is 1.64. The minimum absolute atomic E-state index is 0.0382. The van der Waals surface area contributed by atoms with Crippen LogP contribution in [0.4, 0.5) is 10.2 Å². The molecule has 4 rings (SSSR count). The molecule has 3 aromatic rings. The highest BCUT2D eigenvalue weighted by Gasteiger charge is 2.22. The Morgan fingerprint density at radius 1 is 1.19 bits per heavy atom. The average molecular weight is 478 g/mol. The van der Waals surface area contributed by atoms with Gasteiger partial charge in [0.15, 0.2) is 11.6 Å². The number of hydrogen-bond donors (Lipinski definition) is 1. The maximum Gasteiger partial charge on any atom is 0.170 e. The van der Waals surface area contributed by atoms with Crippen molar-refractivity contribution in [3.8, 4) is 16.9 Å². The monoisotopic (exact) mass is 477 g/mol. The smallest absolute Gasteiger partial charge is 0.170 e. The molecule has 6 nitrogen and oxygen atoms in total. The van der Waals surface area contributed by atoms with Gasteiger partial charge in [0.05, 0.1) is 17.3 Å². The zero-order valence-corrected chi connectivity index (χ0v) is 19.8. The topological polar surface area (TPSA) is 55.2 Å². The first-order valence-electron chi connectivity index (χ1n) is 10.6. The van der Waals surface area contributed by atoms with E-state index in [1.807, 2.05) is 35.9 Å². The van der Waals surface area contributed by atoms with Crippen LogP contribution < -0.4 is 15.0 Å². The van der Waals surface area contributed by atoms with E-state index in [4.69, 9.17) is 27.9 Å². The molecule has 3 heterocycles. The zero-order chi connectivity index (χ0) is 22.8. The first-order chi connectivity index (χ1) is 15.3. The van der Waals surface area contributed by atoms with Crippen LogP contribution in [0.15, 0.2) is 36.8 Å². The number of rotatable bonds is 6. The summed E-state index contributed by atoms with van der Waals surface area (Å²) in [5, 5.41) is 8.27. The quantitative estimate of drug-likeness (QED) is 0.473. The third-order valence-corrected chi connectivity index (χ3v) is 6.38. The minimum atomic E-state index is -0.584. The van der Waals surface area contributed by atoms with Gasteiger partial charge in [0, 0.05) is 48.2 Å². The standard InChI is InChI=1S/C23H26Cl2FN5O/c1-14(21-18(24)4-5-19(26)22(21)25)32-20-10-15(11-28-23(20)30(2)3)16-12-29-31(13-16)17-6-8-27-9-7-17/h4-5,10-14,17,27H,6-9H2,1-3H3. The van der Waals surface area contributed by atoms with Crippen molar-refractivity contribution >= 4 is 29.0 Å². The van der Waals surface area contributed by atoms with Crippen LogP contribution in [-0.4, -0.2) is 41.9 Å². The van der Waals surface area contributed by atoms with Gasteiger partial charge in [-0.05, 0) is 51.1 Å². The van der Waals surface area contributed by atoms with Gasteiger partial charge < -0.3 is 15.0 Å². The van der Waals surface area contributed by atoms with Gasteiger partial charge in [-0.2, -0.15) is 5.10 Å². The van der Waals surface area contributed by atoms with E-state index in [2.05, 4.69) is 21.6 Å². The fourth-order valence-electron chi connectivity index (χ4n) is 3.94. The summed E-state index contributed by atoms with van der Waals surface area (Å²) >= 11 is 12.5. The van der Waals surface area contributed by atoms with Crippen molar-refractivity contribution in [1.82, 2.24) is 20.1 Å². The number of halogens is 3. The molecule has 0 spiro atoms. The summed E-state index contributed by atoms with van der Waals surface area (Å²) in [4.78, 5) is 6.46. The number of piperidine rings is 1. The molecule has 1 aliphatic rings. The lowest BCUT2D eigenvalue weighted by Crippen LogP contribution is -2.29. The minimum Gasteiger partial charge on any atom is -0.482 e. The van der Waals surface area contributed by atoms with Crippen LogP contribution in [0.5, 0.6) is 5.75 Å². The Hall–Kier alpha value is -2.35. The summed E-state index contributed by atoms with van der Waals surface area (Å²) in [6, 6.07) is 5.04. The molecule has 0 bridgehead atoms. The van der Waals surface area contributed by atoms with Crippen LogP contribution >= 0.6 is 23.2 Å². The van der Waals surface area contributed by atoms with Crippen LogP contribution in [0.25, 0.3) is 11.1 Å². The molecule has 0 aliphatic carbocycles. The van der Waals surface area contributed by atoms with Crippen LogP contribution in [0, 0.1) is 5.82 Å². The second-order valence-electron chi connectivity index (χ2n) is 8.15. The highest BCUT2D eigenvalue weighted by atomic mass is 35.5. The van der Waals surface area contributed by atoms with Crippen molar-refractivity contribution in [3.63, 3.8) is 0 Å². The summed E-state index contributed by atoms with van der Waals surface area (Å²) in [6.07, 6.45) is 7.23. The fraction of sp³-hybridized carbons (Fsp3) is 0.391. The third kappa shape index (κ3) is 4.70. The normalized spacial score (nSPS) is 15.6. The molecule has 1 N–H and O–H groups in total. The molecule has 1 atom stereocenters. The molecule has 1 aromatic carbocycles. The number of benzene rings is 1. The van der Waals surface area contributed by atoms with Gasteiger partial charge >= 0.3 is 0 Å². The Kier molecular flexibility index (Phi) is 6.88. The second kappa shape index (κ2) is 9.65. The molecule has 0 radical (unpaired) electrons. The number of anilines is 1. The molecule has 1 saturated heterocycles.